The Morgan fingerprint density at radius 2 is 1.67 bits per heavy atom. The summed E-state index contributed by atoms with van der Waals surface area (Å²) in [7, 11) is -3.82. The molecule has 0 bridgehead atoms. The van der Waals surface area contributed by atoms with Gasteiger partial charge in [0.05, 0.1) is 17.7 Å². The molecule has 1 fully saturated rings. The molecule has 0 aromatic heterocycles. The molecule has 0 saturated heterocycles. The molecule has 36 heavy (non-hydrogen) atoms. The van der Waals surface area contributed by atoms with Crippen molar-refractivity contribution in [2.45, 2.75) is 50.0 Å². The third-order valence-corrected chi connectivity index (χ3v) is 8.06. The van der Waals surface area contributed by atoms with E-state index in [1.165, 1.54) is 10.5 Å². The molecule has 8 heteroatoms. The summed E-state index contributed by atoms with van der Waals surface area (Å²) in [6.07, 6.45) is 5.98. The molecule has 3 aromatic rings. The van der Waals surface area contributed by atoms with Gasteiger partial charge < -0.3 is 4.74 Å². The van der Waals surface area contributed by atoms with Gasteiger partial charge in [-0.1, -0.05) is 67.3 Å². The summed E-state index contributed by atoms with van der Waals surface area (Å²) in [6.45, 7) is 1.62. The van der Waals surface area contributed by atoms with E-state index in [4.69, 9.17) is 4.74 Å². The molecular formula is C28H31N3O4S. The Hall–Kier alpha value is -3.49. The molecule has 4 rings (SSSR count). The van der Waals surface area contributed by atoms with Gasteiger partial charge in [0.25, 0.3) is 5.91 Å². The van der Waals surface area contributed by atoms with Crippen LogP contribution in [0.2, 0.25) is 0 Å². The molecule has 3 aromatic carbocycles. The smallest absolute Gasteiger partial charge is 0.255 e. The summed E-state index contributed by atoms with van der Waals surface area (Å²) in [5.41, 5.74) is 4.20. The fourth-order valence-corrected chi connectivity index (χ4v) is 5.90. The summed E-state index contributed by atoms with van der Waals surface area (Å²) >= 11 is 0. The molecular weight excluding hydrogens is 474 g/mol. The van der Waals surface area contributed by atoms with Gasteiger partial charge in [0.2, 0.25) is 10.0 Å². The maximum atomic E-state index is 13.5. The van der Waals surface area contributed by atoms with E-state index in [9.17, 15) is 13.2 Å². The number of carbonyl (C=O) groups is 1. The molecule has 0 heterocycles. The van der Waals surface area contributed by atoms with Crippen molar-refractivity contribution in [2.24, 2.45) is 5.10 Å². The number of benzene rings is 3. The second-order valence-electron chi connectivity index (χ2n) is 8.94. The summed E-state index contributed by atoms with van der Waals surface area (Å²) < 4.78 is 34.1. The third kappa shape index (κ3) is 6.80. The van der Waals surface area contributed by atoms with Gasteiger partial charge in [-0.25, -0.2) is 13.8 Å². The van der Waals surface area contributed by atoms with Crippen molar-refractivity contribution in [1.29, 1.82) is 0 Å². The van der Waals surface area contributed by atoms with E-state index in [0.29, 0.717) is 5.75 Å². The minimum absolute atomic E-state index is 0.199. The van der Waals surface area contributed by atoms with Gasteiger partial charge in [0.1, 0.15) is 11.5 Å². The molecule has 0 aliphatic heterocycles. The van der Waals surface area contributed by atoms with Gasteiger partial charge in [-0.2, -0.15) is 9.41 Å². The van der Waals surface area contributed by atoms with Crippen molar-refractivity contribution < 1.29 is 17.9 Å². The number of carbonyl (C=O) groups excluding carboxylic acids is 1. The van der Waals surface area contributed by atoms with Gasteiger partial charge in [-0.15, -0.1) is 0 Å². The normalized spacial score (nSPS) is 14.7. The number of ether oxygens (including phenoxy) is 1. The Labute approximate surface area is 212 Å². The van der Waals surface area contributed by atoms with Crippen molar-refractivity contribution in [1.82, 2.24) is 9.73 Å². The minimum atomic E-state index is -3.82. The van der Waals surface area contributed by atoms with Crippen molar-refractivity contribution in [2.75, 3.05) is 6.54 Å². The lowest BCUT2D eigenvalue weighted by atomic mass is 9.95. The fraction of sp³-hybridized carbons (Fsp3) is 0.286. The largest absolute Gasteiger partial charge is 0.457 e. The molecule has 1 aliphatic rings. The number of hydrazone groups is 1. The van der Waals surface area contributed by atoms with Crippen LogP contribution in [0.25, 0.3) is 0 Å². The van der Waals surface area contributed by atoms with E-state index >= 15 is 0 Å². The molecule has 0 spiro atoms. The van der Waals surface area contributed by atoms with E-state index in [0.717, 1.165) is 49.0 Å². The number of aryl methyl sites for hydroxylation is 1. The first-order valence-electron chi connectivity index (χ1n) is 12.2. The Morgan fingerprint density at radius 3 is 2.39 bits per heavy atom. The van der Waals surface area contributed by atoms with Crippen molar-refractivity contribution >= 4 is 22.1 Å². The lowest BCUT2D eigenvalue weighted by Crippen LogP contribution is -2.46. The third-order valence-electron chi connectivity index (χ3n) is 6.15. The highest BCUT2D eigenvalue weighted by atomic mass is 32.2. The number of hydrogen-bond donors (Lipinski definition) is 1. The van der Waals surface area contributed by atoms with Crippen LogP contribution in [0, 0.1) is 6.92 Å². The molecule has 7 nitrogen and oxygen atoms in total. The molecule has 1 saturated carbocycles. The minimum Gasteiger partial charge on any atom is -0.457 e. The van der Waals surface area contributed by atoms with Crippen LogP contribution in [-0.2, 0) is 14.8 Å². The zero-order valence-electron chi connectivity index (χ0n) is 20.3. The average molecular weight is 506 g/mol. The van der Waals surface area contributed by atoms with Gasteiger partial charge in [0.15, 0.2) is 0 Å². The highest BCUT2D eigenvalue weighted by molar-refractivity contribution is 7.89. The lowest BCUT2D eigenvalue weighted by molar-refractivity contribution is -0.121. The predicted molar refractivity (Wildman–Crippen MR) is 141 cm³/mol. The zero-order chi connectivity index (χ0) is 25.4. The first-order valence-corrected chi connectivity index (χ1v) is 13.6. The van der Waals surface area contributed by atoms with E-state index in [-0.39, 0.29) is 17.5 Å². The van der Waals surface area contributed by atoms with Crippen LogP contribution in [0.3, 0.4) is 0 Å². The highest BCUT2D eigenvalue weighted by Gasteiger charge is 2.33. The second-order valence-corrected chi connectivity index (χ2v) is 10.8. The summed E-state index contributed by atoms with van der Waals surface area (Å²) in [5.74, 6) is 0.880. The molecule has 1 aliphatic carbocycles. The van der Waals surface area contributed by atoms with E-state index in [1.807, 2.05) is 55.5 Å². The fourth-order valence-electron chi connectivity index (χ4n) is 4.26. The van der Waals surface area contributed by atoms with Gasteiger partial charge in [-0.05, 0) is 61.7 Å². The van der Waals surface area contributed by atoms with Crippen LogP contribution >= 0.6 is 0 Å². The maximum absolute atomic E-state index is 13.5. The van der Waals surface area contributed by atoms with Crippen LogP contribution in [0.5, 0.6) is 11.5 Å². The maximum Gasteiger partial charge on any atom is 0.255 e. The van der Waals surface area contributed by atoms with Gasteiger partial charge in [0, 0.05) is 6.04 Å². The van der Waals surface area contributed by atoms with Crippen molar-refractivity contribution in [3.8, 4) is 11.5 Å². The molecule has 0 unspecified atom stereocenters. The van der Waals surface area contributed by atoms with Gasteiger partial charge >= 0.3 is 0 Å². The van der Waals surface area contributed by atoms with Crippen LogP contribution in [0.15, 0.2) is 88.9 Å². The molecule has 1 amide bonds. The van der Waals surface area contributed by atoms with E-state index < -0.39 is 15.9 Å². The summed E-state index contributed by atoms with van der Waals surface area (Å²) in [6, 6.07) is 23.3. The van der Waals surface area contributed by atoms with Crippen LogP contribution in [0.4, 0.5) is 0 Å². The summed E-state index contributed by atoms with van der Waals surface area (Å²) in [5, 5.41) is 4.05. The Kier molecular flexibility index (Phi) is 8.51. The number of hydrogen-bond acceptors (Lipinski definition) is 5. The number of nitrogens with zero attached hydrogens (tertiary/aromatic N) is 2. The molecule has 188 valence electrons. The van der Waals surface area contributed by atoms with E-state index in [2.05, 4.69) is 10.5 Å². The number of amides is 1. The number of sulfonamides is 1. The average Bonchev–Trinajstić information content (AvgIpc) is 2.89. The zero-order valence-corrected chi connectivity index (χ0v) is 21.2. The predicted octanol–water partition coefficient (Wildman–Crippen LogP) is 5.26. The first kappa shape index (κ1) is 25.6. The Balaban J connectivity index is 1.43. The topological polar surface area (TPSA) is 88.1 Å². The number of nitrogens with one attached hydrogen (secondary N) is 1. The van der Waals surface area contributed by atoms with Crippen LogP contribution < -0.4 is 10.2 Å². The quantitative estimate of drug-likeness (QED) is 0.317. The number of para-hydroxylation sites is 1. The molecule has 0 atom stereocenters. The van der Waals surface area contributed by atoms with Crippen LogP contribution in [-0.4, -0.2) is 37.4 Å². The van der Waals surface area contributed by atoms with Gasteiger partial charge in [-0.3, -0.25) is 4.79 Å². The van der Waals surface area contributed by atoms with E-state index in [1.54, 1.807) is 30.3 Å². The molecule has 0 radical (unpaired) electrons. The molecule has 1 N–H and O–H groups in total. The van der Waals surface area contributed by atoms with Crippen LogP contribution in [0.1, 0.15) is 43.2 Å². The SMILES string of the molecule is Cc1ccc(S(=O)(=O)N(CC(=O)N/N=C\c2cccc(Oc3ccccc3)c2)C2CCCCC2)cc1. The second kappa shape index (κ2) is 12.0. The first-order chi connectivity index (χ1) is 17.4. The lowest BCUT2D eigenvalue weighted by Gasteiger charge is -2.32. The Bertz CT molecular complexity index is 1290. The van der Waals surface area contributed by atoms with Crippen molar-refractivity contribution in [3.63, 3.8) is 0 Å². The summed E-state index contributed by atoms with van der Waals surface area (Å²) in [4.78, 5) is 13.0. The number of rotatable bonds is 9. The standard InChI is InChI=1S/C28H31N3O4S/c1-22-15-17-27(18-16-22)36(33,34)31(24-10-4-2-5-11-24)21-28(32)30-29-20-23-9-8-14-26(19-23)35-25-12-6-3-7-13-25/h3,6-9,12-20,24H,2,4-5,10-11,21H2,1H3,(H,30,32)/b29-20-. The van der Waals surface area contributed by atoms with Crippen molar-refractivity contribution in [3.05, 3.63) is 90.0 Å². The highest BCUT2D eigenvalue weighted by Crippen LogP contribution is 2.28. The monoisotopic (exact) mass is 505 g/mol. The Morgan fingerprint density at radius 1 is 0.972 bits per heavy atom.